The van der Waals surface area contributed by atoms with Gasteiger partial charge in [-0.1, -0.05) is 0 Å². The third kappa shape index (κ3) is 2.54. The molecule has 0 heterocycles. The lowest BCUT2D eigenvalue weighted by Crippen LogP contribution is -2.54. The Morgan fingerprint density at radius 2 is 2.00 bits per heavy atom. The summed E-state index contributed by atoms with van der Waals surface area (Å²) in [6, 6.07) is 4.45. The van der Waals surface area contributed by atoms with E-state index in [2.05, 4.69) is 5.32 Å². The maximum Gasteiger partial charge on any atom is 0.329 e. The number of phenolic OH excluding ortho intramolecular Hbond substituents is 1. The molecule has 0 aromatic heterocycles. The number of hydrogen-bond acceptors (Lipinski definition) is 3. The Bertz CT molecular complexity index is 536. The summed E-state index contributed by atoms with van der Waals surface area (Å²) < 4.78 is 0. The van der Waals surface area contributed by atoms with E-state index in [4.69, 9.17) is 0 Å². The Morgan fingerprint density at radius 1 is 1.37 bits per heavy atom. The molecule has 0 spiro atoms. The minimum atomic E-state index is -1.22. The molecule has 0 aliphatic heterocycles. The molecule has 0 saturated heterocycles. The van der Waals surface area contributed by atoms with Gasteiger partial charge in [0.25, 0.3) is 5.91 Å². The molecule has 1 fully saturated rings. The number of aryl methyl sites for hydroxylation is 1. The van der Waals surface area contributed by atoms with Gasteiger partial charge in [-0.2, -0.15) is 0 Å². The van der Waals surface area contributed by atoms with Crippen LogP contribution in [0.3, 0.4) is 0 Å². The van der Waals surface area contributed by atoms with Gasteiger partial charge in [-0.15, -0.1) is 0 Å². The van der Waals surface area contributed by atoms with E-state index >= 15 is 0 Å². The van der Waals surface area contributed by atoms with Gasteiger partial charge in [-0.25, -0.2) is 4.79 Å². The molecule has 1 saturated carbocycles. The zero-order valence-electron chi connectivity index (χ0n) is 10.9. The van der Waals surface area contributed by atoms with Crippen LogP contribution in [-0.2, 0) is 4.79 Å². The summed E-state index contributed by atoms with van der Waals surface area (Å²) in [5, 5.41) is 21.3. The molecule has 1 aromatic carbocycles. The van der Waals surface area contributed by atoms with E-state index in [0.29, 0.717) is 11.1 Å². The van der Waals surface area contributed by atoms with E-state index in [1.165, 1.54) is 19.1 Å². The number of carboxylic acids is 1. The monoisotopic (exact) mass is 263 g/mol. The first-order chi connectivity index (χ1) is 8.84. The minimum Gasteiger partial charge on any atom is -0.508 e. The third-order valence-corrected chi connectivity index (χ3v) is 3.67. The highest BCUT2D eigenvalue weighted by atomic mass is 16.4. The lowest BCUT2D eigenvalue weighted by Gasteiger charge is -2.26. The zero-order chi connectivity index (χ0) is 14.2. The van der Waals surface area contributed by atoms with E-state index in [-0.39, 0.29) is 11.7 Å². The Labute approximate surface area is 111 Å². The van der Waals surface area contributed by atoms with Crippen molar-refractivity contribution in [2.24, 2.45) is 5.92 Å². The highest BCUT2D eigenvalue weighted by molar-refractivity contribution is 5.98. The van der Waals surface area contributed by atoms with Gasteiger partial charge in [0.2, 0.25) is 0 Å². The van der Waals surface area contributed by atoms with Crippen LogP contribution in [0.15, 0.2) is 18.2 Å². The minimum absolute atomic E-state index is 0.00726. The van der Waals surface area contributed by atoms with Crippen molar-refractivity contribution in [3.05, 3.63) is 29.3 Å². The first-order valence-corrected chi connectivity index (χ1v) is 6.20. The average Bonchev–Trinajstić information content (AvgIpc) is 3.16. The van der Waals surface area contributed by atoms with Gasteiger partial charge in [0.05, 0.1) is 0 Å². The average molecular weight is 263 g/mol. The summed E-state index contributed by atoms with van der Waals surface area (Å²) in [5.74, 6) is -1.34. The summed E-state index contributed by atoms with van der Waals surface area (Å²) in [4.78, 5) is 23.4. The number of carbonyl (C=O) groups is 2. The van der Waals surface area contributed by atoms with Crippen LogP contribution in [-0.4, -0.2) is 27.6 Å². The van der Waals surface area contributed by atoms with E-state index in [9.17, 15) is 19.8 Å². The molecular formula is C14H17NO4. The molecular weight excluding hydrogens is 246 g/mol. The maximum absolute atomic E-state index is 12.1. The molecule has 1 unspecified atom stereocenters. The second-order valence-electron chi connectivity index (χ2n) is 5.24. The van der Waals surface area contributed by atoms with E-state index in [0.717, 1.165) is 12.8 Å². The number of carboxylic acid groups (broad SMARTS) is 1. The molecule has 2 rings (SSSR count). The third-order valence-electron chi connectivity index (χ3n) is 3.67. The van der Waals surface area contributed by atoms with Gasteiger partial charge in [0.1, 0.15) is 11.3 Å². The number of phenols is 1. The Kier molecular flexibility index (Phi) is 3.22. The molecule has 1 aliphatic carbocycles. The lowest BCUT2D eigenvalue weighted by molar-refractivity contribution is -0.144. The van der Waals surface area contributed by atoms with Crippen LogP contribution in [0.5, 0.6) is 5.75 Å². The van der Waals surface area contributed by atoms with Gasteiger partial charge in [-0.05, 0) is 56.4 Å². The van der Waals surface area contributed by atoms with Crippen molar-refractivity contribution < 1.29 is 19.8 Å². The van der Waals surface area contributed by atoms with E-state index in [1.54, 1.807) is 13.0 Å². The molecule has 0 radical (unpaired) electrons. The summed E-state index contributed by atoms with van der Waals surface area (Å²) >= 11 is 0. The van der Waals surface area contributed by atoms with Crippen LogP contribution in [0.25, 0.3) is 0 Å². The number of aliphatic carboxylic acids is 1. The smallest absolute Gasteiger partial charge is 0.329 e. The lowest BCUT2D eigenvalue weighted by atomic mass is 9.95. The molecule has 1 aliphatic rings. The molecule has 3 N–H and O–H groups in total. The number of rotatable bonds is 4. The topological polar surface area (TPSA) is 86.6 Å². The van der Waals surface area contributed by atoms with Gasteiger partial charge in [-0.3, -0.25) is 4.79 Å². The summed E-state index contributed by atoms with van der Waals surface area (Å²) in [7, 11) is 0. The molecule has 5 nitrogen and oxygen atoms in total. The number of aromatic hydroxyl groups is 1. The van der Waals surface area contributed by atoms with Crippen LogP contribution in [0.4, 0.5) is 0 Å². The molecule has 5 heteroatoms. The summed E-state index contributed by atoms with van der Waals surface area (Å²) in [6.45, 7) is 3.22. The number of hydrogen-bond donors (Lipinski definition) is 3. The standard InChI is InChI=1S/C14H17NO4/c1-8-7-9(3-6-11(8)16)12(17)15-14(2,13(18)19)10-4-5-10/h3,6-7,10,16H,4-5H2,1-2H3,(H,15,17)(H,18,19). The first-order valence-electron chi connectivity index (χ1n) is 6.20. The Hall–Kier alpha value is -2.04. The quantitative estimate of drug-likeness (QED) is 0.771. The van der Waals surface area contributed by atoms with Crippen LogP contribution < -0.4 is 5.32 Å². The van der Waals surface area contributed by atoms with Crippen LogP contribution in [0.1, 0.15) is 35.7 Å². The first kappa shape index (κ1) is 13.4. The van der Waals surface area contributed by atoms with Gasteiger partial charge in [0, 0.05) is 5.56 Å². The van der Waals surface area contributed by atoms with E-state index < -0.39 is 17.4 Å². The molecule has 1 atom stereocenters. The molecule has 1 amide bonds. The predicted octanol–water partition coefficient (Wildman–Crippen LogP) is 1.68. The van der Waals surface area contributed by atoms with Crippen molar-refractivity contribution in [2.75, 3.05) is 0 Å². The number of benzene rings is 1. The Balaban J connectivity index is 2.20. The molecule has 0 bridgehead atoms. The summed E-state index contributed by atoms with van der Waals surface area (Å²) in [6.07, 6.45) is 1.63. The van der Waals surface area contributed by atoms with Crippen LogP contribution in [0.2, 0.25) is 0 Å². The Morgan fingerprint density at radius 3 is 2.47 bits per heavy atom. The molecule has 1 aromatic rings. The second kappa shape index (κ2) is 4.57. The number of carbonyl (C=O) groups excluding carboxylic acids is 1. The SMILES string of the molecule is Cc1cc(C(=O)NC(C)(C(=O)O)C2CC2)ccc1O. The fourth-order valence-electron chi connectivity index (χ4n) is 2.10. The second-order valence-corrected chi connectivity index (χ2v) is 5.24. The maximum atomic E-state index is 12.1. The van der Waals surface area contributed by atoms with Gasteiger partial charge < -0.3 is 15.5 Å². The normalized spacial score (nSPS) is 17.6. The summed E-state index contributed by atoms with van der Waals surface area (Å²) in [5.41, 5.74) is -0.289. The number of nitrogens with one attached hydrogen (secondary N) is 1. The van der Waals surface area contributed by atoms with E-state index in [1.807, 2.05) is 0 Å². The largest absolute Gasteiger partial charge is 0.508 e. The van der Waals surface area contributed by atoms with Crippen LogP contribution in [0, 0.1) is 12.8 Å². The highest BCUT2D eigenvalue weighted by Gasteiger charge is 2.48. The number of amides is 1. The van der Waals surface area contributed by atoms with Crippen molar-refractivity contribution in [3.8, 4) is 5.75 Å². The van der Waals surface area contributed by atoms with Gasteiger partial charge in [0.15, 0.2) is 0 Å². The van der Waals surface area contributed by atoms with Crippen molar-refractivity contribution >= 4 is 11.9 Å². The fourth-order valence-corrected chi connectivity index (χ4v) is 2.10. The highest BCUT2D eigenvalue weighted by Crippen LogP contribution is 2.39. The molecule has 102 valence electrons. The van der Waals surface area contributed by atoms with Crippen molar-refractivity contribution in [3.63, 3.8) is 0 Å². The molecule has 19 heavy (non-hydrogen) atoms. The van der Waals surface area contributed by atoms with Crippen molar-refractivity contribution in [1.82, 2.24) is 5.32 Å². The van der Waals surface area contributed by atoms with Crippen LogP contribution >= 0.6 is 0 Å². The zero-order valence-corrected chi connectivity index (χ0v) is 10.9. The van der Waals surface area contributed by atoms with Crippen molar-refractivity contribution in [2.45, 2.75) is 32.2 Å². The van der Waals surface area contributed by atoms with Gasteiger partial charge >= 0.3 is 5.97 Å². The fraction of sp³-hybridized carbons (Fsp3) is 0.429. The van der Waals surface area contributed by atoms with Crippen molar-refractivity contribution in [1.29, 1.82) is 0 Å². The predicted molar refractivity (Wildman–Crippen MR) is 69.1 cm³/mol.